The van der Waals surface area contributed by atoms with Crippen molar-refractivity contribution in [1.29, 1.82) is 0 Å². The molecule has 1 aliphatic rings. The van der Waals surface area contributed by atoms with E-state index in [0.29, 0.717) is 13.1 Å². The van der Waals surface area contributed by atoms with Crippen LogP contribution in [-0.2, 0) is 20.0 Å². The average Bonchev–Trinajstić information content (AvgIpc) is 2.73. The summed E-state index contributed by atoms with van der Waals surface area (Å²) in [6, 6.07) is 8.57. The lowest BCUT2D eigenvalue weighted by Crippen LogP contribution is -2.39. The van der Waals surface area contributed by atoms with Crippen molar-refractivity contribution in [3.63, 3.8) is 0 Å². The Balaban J connectivity index is 1.93. The zero-order valence-electron chi connectivity index (χ0n) is 11.3. The Bertz CT molecular complexity index is 590. The maximum absolute atomic E-state index is 9.69. The van der Waals surface area contributed by atoms with Crippen molar-refractivity contribution in [3.05, 3.63) is 35.5 Å². The quantitative estimate of drug-likeness (QED) is 0.859. The lowest BCUT2D eigenvalue weighted by Gasteiger charge is -2.29. The van der Waals surface area contributed by atoms with Gasteiger partial charge in [0.05, 0.1) is 6.10 Å². The summed E-state index contributed by atoms with van der Waals surface area (Å²) in [6.07, 6.45) is 0.629. The second kappa shape index (κ2) is 4.96. The van der Waals surface area contributed by atoms with Crippen molar-refractivity contribution in [2.75, 3.05) is 19.6 Å². The summed E-state index contributed by atoms with van der Waals surface area (Å²) in [5.74, 6) is 0. The molecule has 1 unspecified atom stereocenters. The first-order valence-corrected chi connectivity index (χ1v) is 6.86. The van der Waals surface area contributed by atoms with E-state index < -0.39 is 6.10 Å². The van der Waals surface area contributed by atoms with Crippen molar-refractivity contribution in [2.45, 2.75) is 19.1 Å². The molecular formula is C15H21N3O. The van der Waals surface area contributed by atoms with Gasteiger partial charge >= 0.3 is 0 Å². The van der Waals surface area contributed by atoms with Gasteiger partial charge in [-0.1, -0.05) is 18.2 Å². The van der Waals surface area contributed by atoms with Crippen LogP contribution < -0.4 is 5.73 Å². The number of fused-ring (bicyclic) bond motifs is 3. The molecule has 3 rings (SSSR count). The number of β-amino-alcohol motifs (C(OH)–C–C–N with tert-alkyl or cyclic N) is 1. The maximum Gasteiger partial charge on any atom is 0.0789 e. The molecule has 0 bridgehead atoms. The number of hydrogen-bond acceptors (Lipinski definition) is 3. The van der Waals surface area contributed by atoms with Gasteiger partial charge in [0.15, 0.2) is 0 Å². The van der Waals surface area contributed by atoms with E-state index in [-0.39, 0.29) is 0 Å². The lowest BCUT2D eigenvalue weighted by molar-refractivity contribution is 0.110. The highest BCUT2D eigenvalue weighted by Gasteiger charge is 2.23. The number of rotatable bonds is 3. The molecule has 1 aromatic carbocycles. The predicted octanol–water partition coefficient (Wildman–Crippen LogP) is 0.856. The van der Waals surface area contributed by atoms with E-state index in [1.54, 1.807) is 0 Å². The summed E-state index contributed by atoms with van der Waals surface area (Å²) in [5, 5.41) is 11.1. The molecular weight excluding hydrogens is 238 g/mol. The fourth-order valence-corrected chi connectivity index (χ4v) is 3.09. The van der Waals surface area contributed by atoms with E-state index in [1.807, 2.05) is 0 Å². The summed E-state index contributed by atoms with van der Waals surface area (Å²) in [4.78, 5) is 2.29. The topological polar surface area (TPSA) is 54.4 Å². The number of nitrogens with two attached hydrogens (primary N) is 1. The minimum absolute atomic E-state index is 0.332. The van der Waals surface area contributed by atoms with Crippen LogP contribution in [0.2, 0.25) is 0 Å². The Hall–Kier alpha value is -1.36. The smallest absolute Gasteiger partial charge is 0.0789 e. The number of nitrogens with zero attached hydrogens (tertiary/aromatic N) is 2. The van der Waals surface area contributed by atoms with Gasteiger partial charge in [-0.2, -0.15) is 0 Å². The number of aryl methyl sites for hydroxylation is 1. The van der Waals surface area contributed by atoms with Crippen LogP contribution in [0.4, 0.5) is 0 Å². The third-order valence-electron chi connectivity index (χ3n) is 4.14. The Morgan fingerprint density at radius 3 is 2.95 bits per heavy atom. The summed E-state index contributed by atoms with van der Waals surface area (Å²) in [7, 11) is 2.13. The van der Waals surface area contributed by atoms with Gasteiger partial charge in [-0.05, 0) is 18.1 Å². The fraction of sp³-hybridized carbons (Fsp3) is 0.467. The molecule has 0 saturated carbocycles. The summed E-state index contributed by atoms with van der Waals surface area (Å²) < 4.78 is 2.28. The van der Waals surface area contributed by atoms with Crippen LogP contribution in [0.3, 0.4) is 0 Å². The molecule has 1 aliphatic heterocycles. The molecule has 102 valence electrons. The predicted molar refractivity (Wildman–Crippen MR) is 77.0 cm³/mol. The van der Waals surface area contributed by atoms with E-state index in [9.17, 15) is 5.11 Å². The number of para-hydroxylation sites is 1. The molecule has 2 aromatic rings. The highest BCUT2D eigenvalue weighted by Crippen LogP contribution is 2.29. The lowest BCUT2D eigenvalue weighted by atomic mass is 10.0. The van der Waals surface area contributed by atoms with Crippen LogP contribution in [0, 0.1) is 0 Å². The highest BCUT2D eigenvalue weighted by atomic mass is 16.3. The van der Waals surface area contributed by atoms with Gasteiger partial charge in [-0.15, -0.1) is 0 Å². The first kappa shape index (κ1) is 12.7. The molecule has 0 aliphatic carbocycles. The molecule has 0 fully saturated rings. The van der Waals surface area contributed by atoms with E-state index in [2.05, 4.69) is 40.8 Å². The van der Waals surface area contributed by atoms with E-state index in [1.165, 1.54) is 22.2 Å². The van der Waals surface area contributed by atoms with Crippen molar-refractivity contribution < 1.29 is 5.11 Å². The Labute approximate surface area is 113 Å². The third-order valence-corrected chi connectivity index (χ3v) is 4.14. The van der Waals surface area contributed by atoms with Crippen LogP contribution in [0.25, 0.3) is 10.9 Å². The van der Waals surface area contributed by atoms with E-state index in [0.717, 1.165) is 19.5 Å². The van der Waals surface area contributed by atoms with Gasteiger partial charge in [0.1, 0.15) is 0 Å². The van der Waals surface area contributed by atoms with Gasteiger partial charge in [0, 0.05) is 49.8 Å². The number of hydrogen-bond donors (Lipinski definition) is 2. The summed E-state index contributed by atoms with van der Waals surface area (Å²) in [6.45, 7) is 2.89. The third kappa shape index (κ3) is 2.16. The maximum atomic E-state index is 9.69. The molecule has 3 N–H and O–H groups in total. The second-order valence-electron chi connectivity index (χ2n) is 5.38. The highest BCUT2D eigenvalue weighted by molar-refractivity contribution is 5.85. The monoisotopic (exact) mass is 259 g/mol. The standard InChI is InChI=1S/C15H21N3O/c1-17-14-5-3-2-4-12(14)13-6-7-18(10-15(13)17)9-11(19)8-16/h2-5,11,19H,6-10,16H2,1H3. The number of aliphatic hydroxyl groups excluding tert-OH is 1. The number of aliphatic hydroxyl groups is 1. The first-order chi connectivity index (χ1) is 9.20. The minimum Gasteiger partial charge on any atom is -0.390 e. The van der Waals surface area contributed by atoms with Gasteiger partial charge in [-0.25, -0.2) is 0 Å². The van der Waals surface area contributed by atoms with E-state index >= 15 is 0 Å². The Morgan fingerprint density at radius 2 is 2.16 bits per heavy atom. The molecule has 2 heterocycles. The van der Waals surface area contributed by atoms with Gasteiger partial charge in [0.2, 0.25) is 0 Å². The SMILES string of the molecule is Cn1c2c(c3ccccc31)CCN(CC(O)CN)C2. The first-order valence-electron chi connectivity index (χ1n) is 6.86. The fourth-order valence-electron chi connectivity index (χ4n) is 3.09. The molecule has 4 heteroatoms. The Kier molecular flexibility index (Phi) is 3.31. The largest absolute Gasteiger partial charge is 0.390 e. The summed E-state index contributed by atoms with van der Waals surface area (Å²) >= 11 is 0. The Morgan fingerprint density at radius 1 is 1.37 bits per heavy atom. The minimum atomic E-state index is -0.420. The molecule has 1 aromatic heterocycles. The van der Waals surface area contributed by atoms with Crippen molar-refractivity contribution >= 4 is 10.9 Å². The molecule has 1 atom stereocenters. The summed E-state index contributed by atoms with van der Waals surface area (Å²) in [5.41, 5.74) is 9.63. The number of aromatic nitrogens is 1. The van der Waals surface area contributed by atoms with E-state index in [4.69, 9.17) is 5.73 Å². The van der Waals surface area contributed by atoms with Crippen LogP contribution >= 0.6 is 0 Å². The zero-order chi connectivity index (χ0) is 13.4. The van der Waals surface area contributed by atoms with Crippen molar-refractivity contribution in [2.24, 2.45) is 12.8 Å². The number of benzene rings is 1. The average molecular weight is 259 g/mol. The van der Waals surface area contributed by atoms with Crippen LogP contribution in [-0.4, -0.2) is 40.3 Å². The molecule has 19 heavy (non-hydrogen) atoms. The van der Waals surface area contributed by atoms with Crippen LogP contribution in [0.1, 0.15) is 11.3 Å². The molecule has 0 radical (unpaired) electrons. The van der Waals surface area contributed by atoms with Gasteiger partial charge in [0.25, 0.3) is 0 Å². The van der Waals surface area contributed by atoms with Gasteiger partial charge in [-0.3, -0.25) is 4.90 Å². The van der Waals surface area contributed by atoms with Crippen LogP contribution in [0.15, 0.2) is 24.3 Å². The molecule has 4 nitrogen and oxygen atoms in total. The molecule has 0 spiro atoms. The normalized spacial score (nSPS) is 17.6. The van der Waals surface area contributed by atoms with Crippen LogP contribution in [0.5, 0.6) is 0 Å². The van der Waals surface area contributed by atoms with Gasteiger partial charge < -0.3 is 15.4 Å². The molecule has 0 saturated heterocycles. The van der Waals surface area contributed by atoms with Crippen molar-refractivity contribution in [3.8, 4) is 0 Å². The second-order valence-corrected chi connectivity index (χ2v) is 5.38. The molecule has 0 amide bonds. The van der Waals surface area contributed by atoms with Crippen molar-refractivity contribution in [1.82, 2.24) is 9.47 Å². The zero-order valence-corrected chi connectivity index (χ0v) is 11.3.